The summed E-state index contributed by atoms with van der Waals surface area (Å²) < 4.78 is 11.2. The Bertz CT molecular complexity index is 1050. The van der Waals surface area contributed by atoms with Crippen LogP contribution in [0, 0.1) is 3.57 Å². The van der Waals surface area contributed by atoms with Crippen molar-refractivity contribution in [2.24, 2.45) is 0 Å². The minimum atomic E-state index is -0.388. The van der Waals surface area contributed by atoms with E-state index in [0.29, 0.717) is 22.7 Å². The Kier molecular flexibility index (Phi) is 6.83. The van der Waals surface area contributed by atoms with Crippen LogP contribution in [0.3, 0.4) is 0 Å². The van der Waals surface area contributed by atoms with Crippen molar-refractivity contribution >= 4 is 63.1 Å². The number of nitrogens with one attached hydrogen (secondary N) is 3. The lowest BCUT2D eigenvalue weighted by molar-refractivity contribution is 0.0974. The van der Waals surface area contributed by atoms with Gasteiger partial charge in [0.1, 0.15) is 5.75 Å². The number of amides is 2. The maximum Gasteiger partial charge on any atom is 0.291 e. The van der Waals surface area contributed by atoms with Crippen LogP contribution < -0.4 is 20.7 Å². The molecule has 1 aromatic heterocycles. The molecule has 2 aromatic carbocycles. The van der Waals surface area contributed by atoms with Crippen molar-refractivity contribution in [2.45, 2.75) is 0 Å². The Balaban J connectivity index is 1.71. The van der Waals surface area contributed by atoms with E-state index in [1.165, 1.54) is 13.4 Å². The van der Waals surface area contributed by atoms with Crippen molar-refractivity contribution in [3.8, 4) is 5.75 Å². The molecule has 0 aliphatic rings. The molecule has 0 aliphatic heterocycles. The van der Waals surface area contributed by atoms with Crippen LogP contribution in [0.2, 0.25) is 0 Å². The van der Waals surface area contributed by atoms with E-state index < -0.39 is 0 Å². The van der Waals surface area contributed by atoms with Gasteiger partial charge < -0.3 is 19.8 Å². The van der Waals surface area contributed by atoms with Crippen LogP contribution in [0.15, 0.2) is 65.3 Å². The molecule has 0 aliphatic carbocycles. The van der Waals surface area contributed by atoms with Gasteiger partial charge in [0.05, 0.1) is 24.6 Å². The summed E-state index contributed by atoms with van der Waals surface area (Å²) in [4.78, 5) is 24.6. The van der Waals surface area contributed by atoms with Crippen LogP contribution in [0.25, 0.3) is 0 Å². The Morgan fingerprint density at radius 1 is 1.03 bits per heavy atom. The van der Waals surface area contributed by atoms with Gasteiger partial charge in [0.15, 0.2) is 10.9 Å². The third kappa shape index (κ3) is 5.33. The van der Waals surface area contributed by atoms with Gasteiger partial charge in [-0.1, -0.05) is 12.1 Å². The lowest BCUT2D eigenvalue weighted by Crippen LogP contribution is -2.34. The van der Waals surface area contributed by atoms with Crippen LogP contribution in [0.5, 0.6) is 5.75 Å². The number of furan rings is 1. The van der Waals surface area contributed by atoms with Crippen molar-refractivity contribution in [1.82, 2.24) is 5.32 Å². The number of anilines is 2. The van der Waals surface area contributed by atoms with E-state index in [1.807, 2.05) is 12.1 Å². The first-order chi connectivity index (χ1) is 14.0. The summed E-state index contributed by atoms with van der Waals surface area (Å²) in [6.07, 6.45) is 1.42. The number of carbonyl (C=O) groups excluding carboxylic acids is 2. The van der Waals surface area contributed by atoms with Gasteiger partial charge in [-0.2, -0.15) is 0 Å². The fraction of sp³-hybridized carbons (Fsp3) is 0.0500. The third-order valence-corrected chi connectivity index (χ3v) is 4.94. The quantitative estimate of drug-likeness (QED) is 0.343. The van der Waals surface area contributed by atoms with Crippen molar-refractivity contribution in [3.05, 3.63) is 75.8 Å². The molecule has 0 spiro atoms. The van der Waals surface area contributed by atoms with Crippen molar-refractivity contribution < 1.29 is 18.7 Å². The van der Waals surface area contributed by atoms with Gasteiger partial charge in [-0.25, -0.2) is 0 Å². The van der Waals surface area contributed by atoms with Gasteiger partial charge in [-0.3, -0.25) is 14.9 Å². The monoisotopic (exact) mass is 521 g/mol. The summed E-state index contributed by atoms with van der Waals surface area (Å²) in [5, 5.41) is 8.39. The molecule has 0 atom stereocenters. The molecule has 29 heavy (non-hydrogen) atoms. The summed E-state index contributed by atoms with van der Waals surface area (Å²) in [6.45, 7) is 0. The van der Waals surface area contributed by atoms with Gasteiger partial charge in [0.25, 0.3) is 11.8 Å². The molecule has 3 N–H and O–H groups in total. The zero-order chi connectivity index (χ0) is 20.8. The smallest absolute Gasteiger partial charge is 0.291 e. The van der Waals surface area contributed by atoms with Crippen molar-refractivity contribution in [1.29, 1.82) is 0 Å². The first kappa shape index (κ1) is 20.8. The van der Waals surface area contributed by atoms with Crippen molar-refractivity contribution in [3.63, 3.8) is 0 Å². The number of benzene rings is 2. The number of hydrogen-bond acceptors (Lipinski definition) is 5. The SMILES string of the molecule is COc1ccc(NC(=O)c2ccco2)cc1NC(=S)NC(=O)c1ccccc1I. The molecule has 0 unspecified atom stereocenters. The molecule has 1 heterocycles. The predicted molar refractivity (Wildman–Crippen MR) is 123 cm³/mol. The van der Waals surface area contributed by atoms with Crippen LogP contribution in [-0.2, 0) is 0 Å². The highest BCUT2D eigenvalue weighted by molar-refractivity contribution is 14.1. The average molecular weight is 521 g/mol. The largest absolute Gasteiger partial charge is 0.495 e. The van der Waals surface area contributed by atoms with Crippen LogP contribution >= 0.6 is 34.8 Å². The lowest BCUT2D eigenvalue weighted by Gasteiger charge is -2.15. The highest BCUT2D eigenvalue weighted by atomic mass is 127. The standard InChI is InChI=1S/C20H16IN3O4S/c1-27-16-9-8-12(22-19(26)17-7-4-10-28-17)11-15(16)23-20(29)24-18(25)13-5-2-3-6-14(13)21/h2-11H,1H3,(H,22,26)(H2,23,24,25,29). The number of carbonyl (C=O) groups is 2. The number of thiocarbonyl (C=S) groups is 1. The summed E-state index contributed by atoms with van der Waals surface area (Å²) in [5.74, 6) is -0.0307. The maximum absolute atomic E-state index is 12.4. The number of methoxy groups -OCH3 is 1. The molecule has 0 radical (unpaired) electrons. The molecule has 148 valence electrons. The molecule has 0 bridgehead atoms. The first-order valence-corrected chi connectivity index (χ1v) is 9.86. The Hall–Kier alpha value is -2.92. The van der Waals surface area contributed by atoms with Gasteiger partial charge in [0, 0.05) is 9.26 Å². The van der Waals surface area contributed by atoms with E-state index in [-0.39, 0.29) is 22.7 Å². The van der Waals surface area contributed by atoms with Gasteiger partial charge in [-0.15, -0.1) is 0 Å². The fourth-order valence-corrected chi connectivity index (χ4v) is 3.29. The van der Waals surface area contributed by atoms with E-state index in [1.54, 1.807) is 42.5 Å². The molecular formula is C20H16IN3O4S. The zero-order valence-electron chi connectivity index (χ0n) is 15.2. The molecule has 7 nitrogen and oxygen atoms in total. The van der Waals surface area contributed by atoms with E-state index in [2.05, 4.69) is 38.5 Å². The molecule has 3 rings (SSSR count). The van der Waals surface area contributed by atoms with Crippen LogP contribution in [-0.4, -0.2) is 24.0 Å². The summed E-state index contributed by atoms with van der Waals surface area (Å²) in [6, 6.07) is 15.4. The normalized spacial score (nSPS) is 10.1. The Morgan fingerprint density at radius 2 is 1.83 bits per heavy atom. The van der Waals surface area contributed by atoms with E-state index in [0.717, 1.165) is 3.57 Å². The highest BCUT2D eigenvalue weighted by Crippen LogP contribution is 2.28. The van der Waals surface area contributed by atoms with Gasteiger partial charge >= 0.3 is 0 Å². The molecule has 3 aromatic rings. The molecule has 0 fully saturated rings. The Morgan fingerprint density at radius 3 is 2.52 bits per heavy atom. The van der Waals surface area contributed by atoms with Crippen LogP contribution in [0.1, 0.15) is 20.9 Å². The number of hydrogen-bond donors (Lipinski definition) is 3. The summed E-state index contributed by atoms with van der Waals surface area (Å²) in [5.41, 5.74) is 1.50. The topological polar surface area (TPSA) is 92.6 Å². The van der Waals surface area contributed by atoms with Gasteiger partial charge in [0.2, 0.25) is 0 Å². The second-order valence-corrected chi connectivity index (χ2v) is 7.31. The molecule has 9 heteroatoms. The number of halogens is 1. The lowest BCUT2D eigenvalue weighted by atomic mass is 10.2. The second kappa shape index (κ2) is 9.52. The fourth-order valence-electron chi connectivity index (χ4n) is 2.45. The molecule has 2 amide bonds. The van der Waals surface area contributed by atoms with Gasteiger partial charge in [-0.05, 0) is 77.3 Å². The minimum Gasteiger partial charge on any atom is -0.495 e. The highest BCUT2D eigenvalue weighted by Gasteiger charge is 2.14. The van der Waals surface area contributed by atoms with E-state index in [9.17, 15) is 9.59 Å². The second-order valence-electron chi connectivity index (χ2n) is 5.73. The zero-order valence-corrected chi connectivity index (χ0v) is 18.2. The van der Waals surface area contributed by atoms with E-state index >= 15 is 0 Å². The third-order valence-electron chi connectivity index (χ3n) is 3.80. The number of ether oxygens (including phenoxy) is 1. The summed E-state index contributed by atoms with van der Waals surface area (Å²) >= 11 is 7.34. The first-order valence-electron chi connectivity index (χ1n) is 8.37. The average Bonchev–Trinajstić information content (AvgIpc) is 3.23. The molecule has 0 saturated heterocycles. The van der Waals surface area contributed by atoms with E-state index in [4.69, 9.17) is 21.4 Å². The Labute approximate surface area is 186 Å². The maximum atomic E-state index is 12.4. The predicted octanol–water partition coefficient (Wildman–Crippen LogP) is 4.27. The molecular weight excluding hydrogens is 505 g/mol. The number of rotatable bonds is 5. The summed E-state index contributed by atoms with van der Waals surface area (Å²) in [7, 11) is 1.51. The minimum absolute atomic E-state index is 0.0995. The van der Waals surface area contributed by atoms with Crippen LogP contribution in [0.4, 0.5) is 11.4 Å². The van der Waals surface area contributed by atoms with Crippen molar-refractivity contribution in [2.75, 3.05) is 17.7 Å². The molecule has 0 saturated carbocycles.